The summed E-state index contributed by atoms with van der Waals surface area (Å²) in [6.45, 7) is 6.29. The number of rotatable bonds is 7. The molecule has 26 heavy (non-hydrogen) atoms. The number of nitrogens with one attached hydrogen (secondary N) is 1. The first-order valence-electron chi connectivity index (χ1n) is 8.72. The Morgan fingerprint density at radius 1 is 1.12 bits per heavy atom. The Labute approximate surface area is 160 Å². The zero-order chi connectivity index (χ0) is 19.3. The quantitative estimate of drug-likeness (QED) is 0.736. The highest BCUT2D eigenvalue weighted by atomic mass is 35.5. The second-order valence-corrected chi connectivity index (χ2v) is 6.89. The van der Waals surface area contributed by atoms with E-state index in [1.165, 1.54) is 19.8 Å². The van der Waals surface area contributed by atoms with Gasteiger partial charge in [0, 0.05) is 5.56 Å². The number of benzene rings is 2. The molecule has 0 aliphatic rings. The second kappa shape index (κ2) is 8.95. The average Bonchev–Trinajstić information content (AvgIpc) is 2.65. The standard InChI is InChI=1S/C21H26ClNO3/c1-6-14-7-9-15(10-8-14)19(13(2)3)23-21(24)16-11-17(22)20(26-5)18(12-16)25-4/h7-13,19H,6H2,1-5H3,(H,23,24). The van der Waals surface area contributed by atoms with Gasteiger partial charge in [-0.1, -0.05) is 56.6 Å². The van der Waals surface area contributed by atoms with Crippen LogP contribution in [0.4, 0.5) is 0 Å². The van der Waals surface area contributed by atoms with Crippen LogP contribution in [-0.2, 0) is 6.42 Å². The van der Waals surface area contributed by atoms with Crippen molar-refractivity contribution in [2.45, 2.75) is 33.2 Å². The highest BCUT2D eigenvalue weighted by Gasteiger charge is 2.21. The normalized spacial score (nSPS) is 12.0. The SMILES string of the molecule is CCc1ccc(C(NC(=O)c2cc(Cl)c(OC)c(OC)c2)C(C)C)cc1. The van der Waals surface area contributed by atoms with Crippen molar-refractivity contribution in [1.82, 2.24) is 5.32 Å². The monoisotopic (exact) mass is 375 g/mol. The number of hydrogen-bond donors (Lipinski definition) is 1. The van der Waals surface area contributed by atoms with E-state index in [-0.39, 0.29) is 17.9 Å². The molecule has 1 amide bonds. The Balaban J connectivity index is 2.28. The van der Waals surface area contributed by atoms with Gasteiger partial charge in [-0.2, -0.15) is 0 Å². The summed E-state index contributed by atoms with van der Waals surface area (Å²) in [7, 11) is 3.03. The largest absolute Gasteiger partial charge is 0.493 e. The Morgan fingerprint density at radius 3 is 2.27 bits per heavy atom. The third kappa shape index (κ3) is 4.50. The van der Waals surface area contributed by atoms with Gasteiger partial charge >= 0.3 is 0 Å². The molecule has 1 N–H and O–H groups in total. The van der Waals surface area contributed by atoms with E-state index < -0.39 is 0 Å². The summed E-state index contributed by atoms with van der Waals surface area (Å²) in [4.78, 5) is 12.8. The van der Waals surface area contributed by atoms with E-state index in [0.717, 1.165) is 12.0 Å². The van der Waals surface area contributed by atoms with Crippen molar-refractivity contribution < 1.29 is 14.3 Å². The van der Waals surface area contributed by atoms with Crippen LogP contribution < -0.4 is 14.8 Å². The lowest BCUT2D eigenvalue weighted by Crippen LogP contribution is -2.31. The second-order valence-electron chi connectivity index (χ2n) is 6.48. The number of methoxy groups -OCH3 is 2. The van der Waals surface area contributed by atoms with Gasteiger partial charge in [-0.15, -0.1) is 0 Å². The van der Waals surface area contributed by atoms with E-state index in [1.54, 1.807) is 12.1 Å². The molecule has 2 aromatic rings. The van der Waals surface area contributed by atoms with E-state index in [0.29, 0.717) is 22.1 Å². The van der Waals surface area contributed by atoms with Crippen LogP contribution in [0.2, 0.25) is 5.02 Å². The molecular weight excluding hydrogens is 350 g/mol. The third-order valence-electron chi connectivity index (χ3n) is 4.40. The van der Waals surface area contributed by atoms with Crippen molar-refractivity contribution in [3.05, 3.63) is 58.1 Å². The van der Waals surface area contributed by atoms with Gasteiger partial charge in [-0.25, -0.2) is 0 Å². The Bertz CT molecular complexity index is 757. The maximum absolute atomic E-state index is 12.8. The molecule has 140 valence electrons. The molecule has 0 saturated carbocycles. The lowest BCUT2D eigenvalue weighted by molar-refractivity contribution is 0.0925. The van der Waals surface area contributed by atoms with Crippen molar-refractivity contribution in [2.24, 2.45) is 5.92 Å². The van der Waals surface area contributed by atoms with Gasteiger partial charge in [-0.3, -0.25) is 4.79 Å². The Hall–Kier alpha value is -2.20. The highest BCUT2D eigenvalue weighted by Crippen LogP contribution is 2.36. The van der Waals surface area contributed by atoms with Crippen LogP contribution in [0.25, 0.3) is 0 Å². The molecule has 0 aliphatic heterocycles. The van der Waals surface area contributed by atoms with Crippen LogP contribution in [0, 0.1) is 5.92 Å². The number of carbonyl (C=O) groups is 1. The minimum atomic E-state index is -0.203. The molecule has 2 aromatic carbocycles. The minimum absolute atomic E-state index is 0.0970. The zero-order valence-electron chi connectivity index (χ0n) is 15.9. The highest BCUT2D eigenvalue weighted by molar-refractivity contribution is 6.32. The van der Waals surface area contributed by atoms with Gasteiger partial charge < -0.3 is 14.8 Å². The fourth-order valence-corrected chi connectivity index (χ4v) is 3.16. The maximum Gasteiger partial charge on any atom is 0.251 e. The molecule has 0 spiro atoms. The van der Waals surface area contributed by atoms with Gasteiger partial charge in [0.1, 0.15) is 0 Å². The van der Waals surface area contributed by atoms with Crippen LogP contribution in [0.15, 0.2) is 36.4 Å². The summed E-state index contributed by atoms with van der Waals surface area (Å²) in [5.41, 5.74) is 2.79. The molecule has 0 saturated heterocycles. The van der Waals surface area contributed by atoms with Crippen LogP contribution in [0.5, 0.6) is 11.5 Å². The van der Waals surface area contributed by atoms with E-state index >= 15 is 0 Å². The fraction of sp³-hybridized carbons (Fsp3) is 0.381. The van der Waals surface area contributed by atoms with Gasteiger partial charge in [0.05, 0.1) is 25.3 Å². The average molecular weight is 376 g/mol. The van der Waals surface area contributed by atoms with Crippen LogP contribution in [0.1, 0.15) is 48.3 Å². The predicted molar refractivity (Wildman–Crippen MR) is 105 cm³/mol. The molecule has 0 fully saturated rings. The first-order valence-corrected chi connectivity index (χ1v) is 9.10. The summed E-state index contributed by atoms with van der Waals surface area (Å²) in [6.07, 6.45) is 0.989. The van der Waals surface area contributed by atoms with Crippen molar-refractivity contribution >= 4 is 17.5 Å². The summed E-state index contributed by atoms with van der Waals surface area (Å²) in [6, 6.07) is 11.5. The molecule has 0 aliphatic carbocycles. The van der Waals surface area contributed by atoms with Crippen molar-refractivity contribution in [2.75, 3.05) is 14.2 Å². The summed E-state index contributed by atoms with van der Waals surface area (Å²) in [5, 5.41) is 3.45. The number of hydrogen-bond acceptors (Lipinski definition) is 3. The van der Waals surface area contributed by atoms with Crippen LogP contribution in [0.3, 0.4) is 0 Å². The number of aryl methyl sites for hydroxylation is 1. The lowest BCUT2D eigenvalue weighted by Gasteiger charge is -2.23. The van der Waals surface area contributed by atoms with Crippen molar-refractivity contribution in [3.8, 4) is 11.5 Å². The molecule has 5 heteroatoms. The first kappa shape index (κ1) is 20.1. The van der Waals surface area contributed by atoms with Crippen molar-refractivity contribution in [1.29, 1.82) is 0 Å². The van der Waals surface area contributed by atoms with Crippen molar-refractivity contribution in [3.63, 3.8) is 0 Å². The maximum atomic E-state index is 12.8. The Morgan fingerprint density at radius 2 is 1.77 bits per heavy atom. The van der Waals surface area contributed by atoms with Gasteiger partial charge in [-0.05, 0) is 35.6 Å². The molecule has 0 heterocycles. The number of halogens is 1. The minimum Gasteiger partial charge on any atom is -0.493 e. The Kier molecular flexibility index (Phi) is 6.92. The smallest absolute Gasteiger partial charge is 0.251 e. The predicted octanol–water partition coefficient (Wildman–Crippen LogP) is 5.05. The fourth-order valence-electron chi connectivity index (χ4n) is 2.87. The van der Waals surface area contributed by atoms with Gasteiger partial charge in [0.15, 0.2) is 11.5 Å². The molecule has 4 nitrogen and oxygen atoms in total. The van der Waals surface area contributed by atoms with E-state index in [9.17, 15) is 4.79 Å². The van der Waals surface area contributed by atoms with Gasteiger partial charge in [0.2, 0.25) is 0 Å². The number of amides is 1. The molecule has 2 rings (SSSR count). The third-order valence-corrected chi connectivity index (χ3v) is 4.68. The number of ether oxygens (including phenoxy) is 2. The first-order chi connectivity index (χ1) is 12.4. The molecule has 0 aromatic heterocycles. The van der Waals surface area contributed by atoms with E-state index in [1.807, 2.05) is 0 Å². The molecule has 0 radical (unpaired) electrons. The van der Waals surface area contributed by atoms with E-state index in [4.69, 9.17) is 21.1 Å². The number of carbonyl (C=O) groups excluding carboxylic acids is 1. The van der Waals surface area contributed by atoms with Crippen LogP contribution in [-0.4, -0.2) is 20.1 Å². The molecule has 0 bridgehead atoms. The summed E-state index contributed by atoms with van der Waals surface area (Å²) in [5.74, 6) is 0.882. The topological polar surface area (TPSA) is 47.6 Å². The summed E-state index contributed by atoms with van der Waals surface area (Å²) < 4.78 is 10.5. The lowest BCUT2D eigenvalue weighted by atomic mass is 9.94. The molecular formula is C21H26ClNO3. The van der Waals surface area contributed by atoms with E-state index in [2.05, 4.69) is 50.4 Å². The summed E-state index contributed by atoms with van der Waals surface area (Å²) >= 11 is 6.22. The van der Waals surface area contributed by atoms with Gasteiger partial charge in [0.25, 0.3) is 5.91 Å². The molecule has 1 unspecified atom stereocenters. The van der Waals surface area contributed by atoms with Crippen LogP contribution >= 0.6 is 11.6 Å². The molecule has 1 atom stereocenters. The zero-order valence-corrected chi connectivity index (χ0v) is 16.7.